The van der Waals surface area contributed by atoms with Crippen LogP contribution in [-0.4, -0.2) is 35.0 Å². The van der Waals surface area contributed by atoms with Gasteiger partial charge in [-0.25, -0.2) is 4.79 Å². The van der Waals surface area contributed by atoms with Crippen LogP contribution in [0.2, 0.25) is 0 Å². The van der Waals surface area contributed by atoms with Crippen molar-refractivity contribution >= 4 is 23.8 Å². The van der Waals surface area contributed by atoms with Crippen LogP contribution in [0, 0.1) is 0 Å². The molecule has 0 fully saturated rings. The zero-order valence-corrected chi connectivity index (χ0v) is 21.6. The summed E-state index contributed by atoms with van der Waals surface area (Å²) in [6.45, 7) is 5.67. The van der Waals surface area contributed by atoms with Gasteiger partial charge in [-0.3, -0.25) is 9.59 Å². The molecule has 0 saturated carbocycles. The predicted octanol–water partition coefficient (Wildman–Crippen LogP) is 6.10. The lowest BCUT2D eigenvalue weighted by atomic mass is 9.83. The van der Waals surface area contributed by atoms with Crippen molar-refractivity contribution in [3.63, 3.8) is 0 Å². The highest BCUT2D eigenvalue weighted by Crippen LogP contribution is 2.47. The first-order valence-electron chi connectivity index (χ1n) is 13.0. The molecule has 2 aliphatic heterocycles. The highest BCUT2D eigenvalue weighted by Gasteiger charge is 2.35. The summed E-state index contributed by atoms with van der Waals surface area (Å²) in [7, 11) is 0. The molecule has 196 valence electrons. The second-order valence-electron chi connectivity index (χ2n) is 10.0. The number of hydrogen-bond donors (Lipinski definition) is 1. The number of ketones is 1. The summed E-state index contributed by atoms with van der Waals surface area (Å²) in [5, 5.41) is 11.5. The Morgan fingerprint density at radius 2 is 1.78 bits per heavy atom. The molecule has 2 heterocycles. The Balaban J connectivity index is 1.76. The first kappa shape index (κ1) is 26.5. The van der Waals surface area contributed by atoms with Gasteiger partial charge in [0.05, 0.1) is 18.6 Å². The highest BCUT2D eigenvalue weighted by molar-refractivity contribution is 5.98. The summed E-state index contributed by atoms with van der Waals surface area (Å²) >= 11 is 0. The summed E-state index contributed by atoms with van der Waals surface area (Å²) in [5.41, 5.74) is 1.65. The standard InChI is InChI=1S/C30H34O7/c1-18(2)35-23-14-12-20(13-15-23)24-17-26(32)37-25-16-21-9-5-4-6-10-22(31)11-7-8-19(3)36-30(34)27(21)29(33)28(24)25/h5,9,12-16,18-19,24,33H,4,6-8,10-11,17H2,1-3H3/t19-,24+/m1/s1. The molecule has 37 heavy (non-hydrogen) atoms. The van der Waals surface area contributed by atoms with E-state index >= 15 is 0 Å². The summed E-state index contributed by atoms with van der Waals surface area (Å²) in [6.07, 6.45) is 6.71. The summed E-state index contributed by atoms with van der Waals surface area (Å²) in [6, 6.07) is 8.99. The smallest absolute Gasteiger partial charge is 0.342 e. The number of fused-ring (bicyclic) bond motifs is 2. The van der Waals surface area contributed by atoms with Crippen molar-refractivity contribution in [2.24, 2.45) is 0 Å². The van der Waals surface area contributed by atoms with E-state index in [1.807, 2.05) is 44.2 Å². The van der Waals surface area contributed by atoms with E-state index in [1.165, 1.54) is 0 Å². The van der Waals surface area contributed by atoms with E-state index in [4.69, 9.17) is 14.2 Å². The summed E-state index contributed by atoms with van der Waals surface area (Å²) in [5.74, 6) is -0.666. The van der Waals surface area contributed by atoms with Crippen LogP contribution in [-0.2, 0) is 14.3 Å². The van der Waals surface area contributed by atoms with Crippen LogP contribution in [0.1, 0.15) is 98.7 Å². The van der Waals surface area contributed by atoms with Crippen molar-refractivity contribution in [3.05, 3.63) is 58.7 Å². The molecule has 0 bridgehead atoms. The number of phenolic OH excluding ortho intramolecular Hbond substituents is 1. The Kier molecular flexibility index (Phi) is 8.31. The van der Waals surface area contributed by atoms with Crippen LogP contribution in [0.5, 0.6) is 17.2 Å². The largest absolute Gasteiger partial charge is 0.507 e. The Bertz CT molecular complexity index is 1190. The number of esters is 2. The first-order chi connectivity index (χ1) is 17.7. The number of Topliss-reactive ketones (excluding diaryl/α,β-unsaturated/α-hetero) is 1. The zero-order chi connectivity index (χ0) is 26.5. The average molecular weight is 507 g/mol. The Morgan fingerprint density at radius 3 is 2.51 bits per heavy atom. The molecule has 0 aromatic heterocycles. The fourth-order valence-corrected chi connectivity index (χ4v) is 4.85. The summed E-state index contributed by atoms with van der Waals surface area (Å²) in [4.78, 5) is 37.9. The van der Waals surface area contributed by atoms with Gasteiger partial charge >= 0.3 is 11.9 Å². The van der Waals surface area contributed by atoms with Crippen LogP contribution in [0.3, 0.4) is 0 Å². The van der Waals surface area contributed by atoms with Crippen LogP contribution < -0.4 is 9.47 Å². The van der Waals surface area contributed by atoms with Crippen LogP contribution >= 0.6 is 0 Å². The first-order valence-corrected chi connectivity index (χ1v) is 13.0. The zero-order valence-electron chi connectivity index (χ0n) is 21.6. The van der Waals surface area contributed by atoms with Gasteiger partial charge in [0.25, 0.3) is 0 Å². The second kappa shape index (κ2) is 11.6. The van der Waals surface area contributed by atoms with Gasteiger partial charge in [0.15, 0.2) is 0 Å². The minimum atomic E-state index is -0.646. The monoisotopic (exact) mass is 506 g/mol. The Hall–Kier alpha value is -3.61. The highest BCUT2D eigenvalue weighted by atomic mass is 16.5. The molecular formula is C30H34O7. The quantitative estimate of drug-likeness (QED) is 0.396. The third kappa shape index (κ3) is 6.40. The predicted molar refractivity (Wildman–Crippen MR) is 139 cm³/mol. The van der Waals surface area contributed by atoms with Crippen molar-refractivity contribution in [1.29, 1.82) is 0 Å². The topological polar surface area (TPSA) is 99.1 Å². The van der Waals surface area contributed by atoms with Crippen molar-refractivity contribution in [2.75, 3.05) is 0 Å². The molecule has 0 amide bonds. The number of benzene rings is 2. The molecule has 0 spiro atoms. The normalized spacial score (nSPS) is 20.9. The number of rotatable bonds is 3. The molecule has 2 aromatic carbocycles. The van der Waals surface area contributed by atoms with Crippen LogP contribution in [0.25, 0.3) is 6.08 Å². The molecule has 2 aliphatic rings. The number of aromatic hydroxyl groups is 1. The SMILES string of the molecule is CC(C)Oc1ccc([C@@H]2CC(=O)Oc3cc4c(c(O)c32)C(=O)O[C@H](C)CCCC(=O)CCCC=C4)cc1. The molecule has 2 aromatic rings. The van der Waals surface area contributed by atoms with E-state index < -0.39 is 24.0 Å². The maximum absolute atomic E-state index is 13.3. The van der Waals surface area contributed by atoms with E-state index in [1.54, 1.807) is 19.1 Å². The minimum Gasteiger partial charge on any atom is -0.507 e. The average Bonchev–Trinajstić information content (AvgIpc) is 2.82. The molecule has 7 heteroatoms. The fraction of sp³-hybridized carbons (Fsp3) is 0.433. The van der Waals surface area contributed by atoms with Gasteiger partial charge < -0.3 is 19.3 Å². The van der Waals surface area contributed by atoms with Gasteiger partial charge in [-0.15, -0.1) is 0 Å². The Labute approximate surface area is 217 Å². The number of ether oxygens (including phenoxy) is 3. The number of phenols is 1. The van der Waals surface area contributed by atoms with E-state index in [0.717, 1.165) is 5.56 Å². The van der Waals surface area contributed by atoms with Gasteiger partial charge in [-0.05, 0) is 75.8 Å². The molecule has 2 atom stereocenters. The van der Waals surface area contributed by atoms with Gasteiger partial charge in [-0.1, -0.05) is 24.3 Å². The number of hydrogen-bond acceptors (Lipinski definition) is 7. The van der Waals surface area contributed by atoms with E-state index in [9.17, 15) is 19.5 Å². The van der Waals surface area contributed by atoms with E-state index in [2.05, 4.69) is 0 Å². The molecule has 0 unspecified atom stereocenters. The third-order valence-electron chi connectivity index (χ3n) is 6.63. The van der Waals surface area contributed by atoms with Crippen molar-refractivity contribution < 1.29 is 33.7 Å². The van der Waals surface area contributed by atoms with E-state index in [-0.39, 0.29) is 35.4 Å². The van der Waals surface area contributed by atoms with Gasteiger partial charge in [0.2, 0.25) is 0 Å². The lowest BCUT2D eigenvalue weighted by Gasteiger charge is -2.28. The number of carbonyl (C=O) groups excluding carboxylic acids is 3. The number of allylic oxidation sites excluding steroid dienone is 1. The molecular weight excluding hydrogens is 472 g/mol. The maximum atomic E-state index is 13.3. The lowest BCUT2D eigenvalue weighted by Crippen LogP contribution is -2.23. The molecule has 1 N–H and O–H groups in total. The molecule has 0 radical (unpaired) electrons. The minimum absolute atomic E-state index is 0.0252. The fourth-order valence-electron chi connectivity index (χ4n) is 4.85. The third-order valence-corrected chi connectivity index (χ3v) is 6.63. The molecule has 4 rings (SSSR count). The lowest BCUT2D eigenvalue weighted by molar-refractivity contribution is -0.135. The number of carbonyl (C=O) groups is 3. The number of cyclic esters (lactones) is 1. The van der Waals surface area contributed by atoms with Crippen LogP contribution in [0.4, 0.5) is 0 Å². The van der Waals surface area contributed by atoms with E-state index in [0.29, 0.717) is 55.4 Å². The van der Waals surface area contributed by atoms with Gasteiger partial charge in [0.1, 0.15) is 28.6 Å². The Morgan fingerprint density at radius 1 is 1.05 bits per heavy atom. The van der Waals surface area contributed by atoms with Gasteiger partial charge in [-0.2, -0.15) is 0 Å². The molecule has 7 nitrogen and oxygen atoms in total. The second-order valence-corrected chi connectivity index (χ2v) is 10.0. The van der Waals surface area contributed by atoms with Crippen molar-refractivity contribution in [2.45, 2.75) is 83.8 Å². The van der Waals surface area contributed by atoms with Crippen molar-refractivity contribution in [1.82, 2.24) is 0 Å². The summed E-state index contributed by atoms with van der Waals surface area (Å²) < 4.78 is 16.9. The van der Waals surface area contributed by atoms with Gasteiger partial charge in [0, 0.05) is 24.3 Å². The van der Waals surface area contributed by atoms with Crippen LogP contribution in [0.15, 0.2) is 36.4 Å². The maximum Gasteiger partial charge on any atom is 0.342 e. The molecule has 0 saturated heterocycles. The molecule has 0 aliphatic carbocycles. The van der Waals surface area contributed by atoms with Crippen molar-refractivity contribution in [3.8, 4) is 17.2 Å².